The van der Waals surface area contributed by atoms with Crippen LogP contribution in [0.15, 0.2) is 24.3 Å². The Morgan fingerprint density at radius 2 is 1.86 bits per heavy atom. The molecule has 2 unspecified atom stereocenters. The summed E-state index contributed by atoms with van der Waals surface area (Å²) >= 11 is 0. The molecule has 0 bridgehead atoms. The zero-order chi connectivity index (χ0) is 15.5. The lowest BCUT2D eigenvalue weighted by atomic mass is 9.97. The third-order valence-electron chi connectivity index (χ3n) is 3.69. The fourth-order valence-electron chi connectivity index (χ4n) is 2.67. The van der Waals surface area contributed by atoms with Gasteiger partial charge in [0.25, 0.3) is 0 Å². The third-order valence-corrected chi connectivity index (χ3v) is 3.69. The van der Waals surface area contributed by atoms with Crippen molar-refractivity contribution in [2.75, 3.05) is 20.3 Å². The van der Waals surface area contributed by atoms with Crippen LogP contribution < -0.4 is 10.1 Å². The quantitative estimate of drug-likeness (QED) is 0.673. The van der Waals surface area contributed by atoms with Gasteiger partial charge in [0.05, 0.1) is 13.2 Å². The van der Waals surface area contributed by atoms with Crippen LogP contribution in [0.3, 0.4) is 0 Å². The molecule has 1 aromatic carbocycles. The van der Waals surface area contributed by atoms with Crippen LogP contribution in [0.4, 0.5) is 0 Å². The number of nitrogens with one attached hydrogen (secondary N) is 1. The summed E-state index contributed by atoms with van der Waals surface area (Å²) in [5.41, 5.74) is 1.24. The van der Waals surface area contributed by atoms with Gasteiger partial charge in [0, 0.05) is 12.6 Å². The van der Waals surface area contributed by atoms with Crippen LogP contribution in [-0.2, 0) is 11.2 Å². The minimum atomic E-state index is 0.261. The zero-order valence-corrected chi connectivity index (χ0v) is 14.0. The van der Waals surface area contributed by atoms with E-state index >= 15 is 0 Å². The van der Waals surface area contributed by atoms with E-state index in [2.05, 4.69) is 38.2 Å². The average Bonchev–Trinajstić information content (AvgIpc) is 2.51. The standard InChI is InChI=1S/C18H31NO2/c1-5-10-18(21-7-3)16(19-13-6-2)14-15-11-8-9-12-17(15)20-4/h8-9,11-12,16,18-19H,5-7,10,13-14H2,1-4H3. The second-order valence-corrected chi connectivity index (χ2v) is 5.36. The lowest BCUT2D eigenvalue weighted by Gasteiger charge is -2.28. The van der Waals surface area contributed by atoms with Gasteiger partial charge in [-0.25, -0.2) is 0 Å². The van der Waals surface area contributed by atoms with Gasteiger partial charge < -0.3 is 14.8 Å². The highest BCUT2D eigenvalue weighted by atomic mass is 16.5. The minimum Gasteiger partial charge on any atom is -0.496 e. The molecule has 0 saturated heterocycles. The molecule has 0 saturated carbocycles. The van der Waals surface area contributed by atoms with E-state index in [-0.39, 0.29) is 6.10 Å². The van der Waals surface area contributed by atoms with Crippen molar-refractivity contribution in [2.24, 2.45) is 0 Å². The van der Waals surface area contributed by atoms with Crippen molar-refractivity contribution in [1.82, 2.24) is 5.32 Å². The molecule has 0 heterocycles. The van der Waals surface area contributed by atoms with Crippen molar-refractivity contribution in [2.45, 2.75) is 58.6 Å². The van der Waals surface area contributed by atoms with Crippen LogP contribution >= 0.6 is 0 Å². The van der Waals surface area contributed by atoms with Gasteiger partial charge in [-0.1, -0.05) is 38.5 Å². The third kappa shape index (κ3) is 6.06. The molecule has 0 aliphatic heterocycles. The van der Waals surface area contributed by atoms with E-state index in [1.165, 1.54) is 5.56 Å². The van der Waals surface area contributed by atoms with E-state index in [9.17, 15) is 0 Å². The lowest BCUT2D eigenvalue weighted by molar-refractivity contribution is 0.0281. The summed E-state index contributed by atoms with van der Waals surface area (Å²) in [7, 11) is 1.74. The first kappa shape index (κ1) is 18.0. The Bertz CT molecular complexity index is 375. The highest BCUT2D eigenvalue weighted by molar-refractivity contribution is 5.34. The van der Waals surface area contributed by atoms with Crippen LogP contribution in [0.1, 0.15) is 45.6 Å². The Morgan fingerprint density at radius 1 is 1.10 bits per heavy atom. The predicted molar refractivity (Wildman–Crippen MR) is 89.1 cm³/mol. The maximum atomic E-state index is 5.98. The second-order valence-electron chi connectivity index (χ2n) is 5.36. The van der Waals surface area contributed by atoms with Gasteiger partial charge in [0.2, 0.25) is 0 Å². The van der Waals surface area contributed by atoms with E-state index < -0.39 is 0 Å². The monoisotopic (exact) mass is 293 g/mol. The minimum absolute atomic E-state index is 0.261. The molecule has 0 radical (unpaired) electrons. The molecule has 0 aliphatic rings. The summed E-state index contributed by atoms with van der Waals surface area (Å²) in [6.07, 6.45) is 4.56. The van der Waals surface area contributed by atoms with Crippen LogP contribution in [0.2, 0.25) is 0 Å². The first-order valence-corrected chi connectivity index (χ1v) is 8.23. The van der Waals surface area contributed by atoms with Crippen molar-refractivity contribution >= 4 is 0 Å². The van der Waals surface area contributed by atoms with E-state index in [0.29, 0.717) is 6.04 Å². The molecule has 0 fully saturated rings. The summed E-state index contributed by atoms with van der Waals surface area (Å²) in [5, 5.41) is 3.66. The summed E-state index contributed by atoms with van der Waals surface area (Å²) in [5.74, 6) is 0.965. The van der Waals surface area contributed by atoms with Crippen molar-refractivity contribution in [3.05, 3.63) is 29.8 Å². The summed E-state index contributed by atoms with van der Waals surface area (Å²) < 4.78 is 11.5. The Morgan fingerprint density at radius 3 is 2.48 bits per heavy atom. The van der Waals surface area contributed by atoms with E-state index in [0.717, 1.165) is 44.6 Å². The van der Waals surface area contributed by atoms with E-state index in [1.807, 2.05) is 12.1 Å². The van der Waals surface area contributed by atoms with Gasteiger partial charge in [0.15, 0.2) is 0 Å². The second kappa shape index (κ2) is 10.6. The normalized spacial score (nSPS) is 13.9. The number of rotatable bonds is 11. The van der Waals surface area contributed by atoms with Gasteiger partial charge in [-0.2, -0.15) is 0 Å². The molecule has 1 aromatic rings. The van der Waals surface area contributed by atoms with Crippen molar-refractivity contribution in [3.63, 3.8) is 0 Å². The van der Waals surface area contributed by atoms with Gasteiger partial charge >= 0.3 is 0 Å². The number of para-hydroxylation sites is 1. The molecule has 1 N–H and O–H groups in total. The van der Waals surface area contributed by atoms with Crippen molar-refractivity contribution in [3.8, 4) is 5.75 Å². The Labute approximate surface area is 130 Å². The molecule has 0 spiro atoms. The van der Waals surface area contributed by atoms with Gasteiger partial charge in [0.1, 0.15) is 5.75 Å². The molecule has 0 amide bonds. The zero-order valence-electron chi connectivity index (χ0n) is 14.0. The van der Waals surface area contributed by atoms with Crippen LogP contribution in [0, 0.1) is 0 Å². The smallest absolute Gasteiger partial charge is 0.122 e. The number of benzene rings is 1. The number of hydrogen-bond donors (Lipinski definition) is 1. The largest absolute Gasteiger partial charge is 0.496 e. The average molecular weight is 293 g/mol. The number of hydrogen-bond acceptors (Lipinski definition) is 3. The number of methoxy groups -OCH3 is 1. The van der Waals surface area contributed by atoms with Gasteiger partial charge in [-0.3, -0.25) is 0 Å². The molecule has 3 heteroatoms. The van der Waals surface area contributed by atoms with E-state index in [1.54, 1.807) is 7.11 Å². The summed E-state index contributed by atoms with van der Waals surface area (Å²) in [6.45, 7) is 8.27. The van der Waals surface area contributed by atoms with Crippen LogP contribution in [0.5, 0.6) is 5.75 Å². The SMILES string of the molecule is CCCNC(Cc1ccccc1OC)C(CCC)OCC. The van der Waals surface area contributed by atoms with Gasteiger partial charge in [-0.15, -0.1) is 0 Å². The van der Waals surface area contributed by atoms with Crippen molar-refractivity contribution < 1.29 is 9.47 Å². The Kier molecular flexibility index (Phi) is 9.11. The molecule has 2 atom stereocenters. The van der Waals surface area contributed by atoms with Crippen LogP contribution in [0.25, 0.3) is 0 Å². The molecule has 120 valence electrons. The first-order chi connectivity index (χ1) is 10.3. The molecule has 0 aromatic heterocycles. The molecule has 3 nitrogen and oxygen atoms in total. The summed E-state index contributed by atoms with van der Waals surface area (Å²) in [6, 6.07) is 8.60. The number of ether oxygens (including phenoxy) is 2. The molecular weight excluding hydrogens is 262 g/mol. The summed E-state index contributed by atoms with van der Waals surface area (Å²) in [4.78, 5) is 0. The molecule has 0 aliphatic carbocycles. The molecular formula is C18H31NO2. The predicted octanol–water partition coefficient (Wildman–Crippen LogP) is 3.81. The topological polar surface area (TPSA) is 30.5 Å². The highest BCUT2D eigenvalue weighted by Crippen LogP contribution is 2.21. The first-order valence-electron chi connectivity index (χ1n) is 8.23. The maximum absolute atomic E-state index is 5.98. The fourth-order valence-corrected chi connectivity index (χ4v) is 2.67. The van der Waals surface area contributed by atoms with E-state index in [4.69, 9.17) is 9.47 Å². The van der Waals surface area contributed by atoms with Gasteiger partial charge in [-0.05, 0) is 44.4 Å². The highest BCUT2D eigenvalue weighted by Gasteiger charge is 2.22. The van der Waals surface area contributed by atoms with Crippen LogP contribution in [-0.4, -0.2) is 32.4 Å². The molecule has 1 rings (SSSR count). The Balaban J connectivity index is 2.84. The maximum Gasteiger partial charge on any atom is 0.122 e. The fraction of sp³-hybridized carbons (Fsp3) is 0.667. The lowest BCUT2D eigenvalue weighted by Crippen LogP contribution is -2.43. The molecule has 21 heavy (non-hydrogen) atoms. The Hall–Kier alpha value is -1.06. The van der Waals surface area contributed by atoms with Crippen molar-refractivity contribution in [1.29, 1.82) is 0 Å².